The largest absolute Gasteiger partial charge is 0.366 e. The lowest BCUT2D eigenvalue weighted by molar-refractivity contribution is -0.128. The Kier molecular flexibility index (Phi) is 6.62. The monoisotopic (exact) mass is 564 g/mol. The van der Waals surface area contributed by atoms with Gasteiger partial charge in [0.25, 0.3) is 0 Å². The molecule has 2 atom stereocenters. The Balaban J connectivity index is 1.26. The zero-order valence-corrected chi connectivity index (χ0v) is 21.8. The second kappa shape index (κ2) is 10.3. The smallest absolute Gasteiger partial charge is 0.248 e. The predicted molar refractivity (Wildman–Crippen MR) is 141 cm³/mol. The van der Waals surface area contributed by atoms with Crippen LogP contribution in [0.15, 0.2) is 48.9 Å². The molecule has 2 aliphatic rings. The summed E-state index contributed by atoms with van der Waals surface area (Å²) in [6.07, 6.45) is 7.49. The van der Waals surface area contributed by atoms with Gasteiger partial charge in [0.2, 0.25) is 11.8 Å². The number of hydrogen-bond donors (Lipinski definition) is 2. The second-order valence-corrected chi connectivity index (χ2v) is 10.3. The minimum atomic E-state index is -0.712. The Morgan fingerprint density at radius 2 is 2.02 bits per heavy atom. The van der Waals surface area contributed by atoms with E-state index in [1.807, 2.05) is 4.90 Å². The Labute approximate surface area is 231 Å². The molecule has 1 saturated heterocycles. The highest BCUT2D eigenvalue weighted by Crippen LogP contribution is 2.38. The van der Waals surface area contributed by atoms with Gasteiger partial charge in [-0.1, -0.05) is 11.6 Å². The van der Waals surface area contributed by atoms with E-state index in [2.05, 4.69) is 25.5 Å². The number of primary amides is 1. The van der Waals surface area contributed by atoms with Gasteiger partial charge in [-0.05, 0) is 72.0 Å². The highest BCUT2D eigenvalue weighted by Gasteiger charge is 2.38. The molecule has 4 aromatic rings. The molecule has 40 heavy (non-hydrogen) atoms. The molecule has 13 heteroatoms. The number of carbonyl (C=O) groups excluding carboxylic acids is 2. The van der Waals surface area contributed by atoms with E-state index >= 15 is 4.39 Å². The molecule has 2 aliphatic heterocycles. The number of amides is 2. The van der Waals surface area contributed by atoms with Crippen molar-refractivity contribution < 1.29 is 18.4 Å². The summed E-state index contributed by atoms with van der Waals surface area (Å²) in [7, 11) is 0. The summed E-state index contributed by atoms with van der Waals surface area (Å²) in [6.45, 7) is 0. The summed E-state index contributed by atoms with van der Waals surface area (Å²) in [5.74, 6) is -1.56. The van der Waals surface area contributed by atoms with Gasteiger partial charge in [0.05, 0.1) is 22.6 Å². The van der Waals surface area contributed by atoms with E-state index in [0.29, 0.717) is 42.0 Å². The first kappa shape index (κ1) is 25.8. The number of carbonyl (C=O) groups is 2. The summed E-state index contributed by atoms with van der Waals surface area (Å²) >= 11 is 6.12. The Morgan fingerprint density at radius 3 is 2.77 bits per heavy atom. The van der Waals surface area contributed by atoms with Crippen LogP contribution in [0.5, 0.6) is 0 Å². The molecule has 204 valence electrons. The number of aromatic amines is 1. The van der Waals surface area contributed by atoms with Crippen molar-refractivity contribution in [3.05, 3.63) is 82.5 Å². The molecular formula is C27H23ClF2N8O2. The number of hydrogen-bond acceptors (Lipinski definition) is 6. The third kappa shape index (κ3) is 4.64. The van der Waals surface area contributed by atoms with Crippen LogP contribution in [0.25, 0.3) is 22.5 Å². The number of rotatable bonds is 6. The Bertz CT molecular complexity index is 1650. The average molecular weight is 565 g/mol. The standard InChI is InChI=1S/C27H23ClF2N8O2/c28-19-7-8-22(37-13-33-35-36-37)25(26(19)30)14-1-3-16-4-5-17(38(16)24(39)10-14)11-23-32-12-21(34-23)18-6-2-15(27(31)40)9-20(18)29/h2,6-10,12-13,16-17H,1,3-5,11H2,(H2,31,40)(H,32,34)/t16-,17-/m0/s1. The van der Waals surface area contributed by atoms with Gasteiger partial charge in [-0.3, -0.25) is 9.59 Å². The van der Waals surface area contributed by atoms with Gasteiger partial charge in [-0.15, -0.1) is 5.10 Å². The second-order valence-electron chi connectivity index (χ2n) is 9.86. The molecule has 3 N–H and O–H groups in total. The summed E-state index contributed by atoms with van der Waals surface area (Å²) < 4.78 is 31.3. The van der Waals surface area contributed by atoms with Gasteiger partial charge < -0.3 is 15.6 Å². The molecule has 4 heterocycles. The third-order valence-corrected chi connectivity index (χ3v) is 7.80. The SMILES string of the molecule is NC(=O)c1ccc(-c2cnc(C[C@@H]3CC[C@@H]4CCC(c5c(-n6cnnn6)ccc(Cl)c5F)=CC(=O)N43)[nH]2)c(F)c1. The minimum absolute atomic E-state index is 0.0156. The van der Waals surface area contributed by atoms with Crippen molar-refractivity contribution in [1.29, 1.82) is 0 Å². The van der Waals surface area contributed by atoms with E-state index in [0.717, 1.165) is 18.9 Å². The molecule has 0 spiro atoms. The van der Waals surface area contributed by atoms with Crippen LogP contribution in [0.4, 0.5) is 8.78 Å². The zero-order valence-electron chi connectivity index (χ0n) is 21.0. The number of aromatic nitrogens is 6. The molecule has 0 radical (unpaired) electrons. The number of tetrazole rings is 1. The summed E-state index contributed by atoms with van der Waals surface area (Å²) in [5.41, 5.74) is 7.14. The predicted octanol–water partition coefficient (Wildman–Crippen LogP) is 3.86. The van der Waals surface area contributed by atoms with Crippen LogP contribution >= 0.6 is 11.6 Å². The number of nitrogens with zero attached hydrogens (tertiary/aromatic N) is 6. The van der Waals surface area contributed by atoms with Crippen molar-refractivity contribution in [2.75, 3.05) is 0 Å². The minimum Gasteiger partial charge on any atom is -0.366 e. The molecule has 2 amide bonds. The van der Waals surface area contributed by atoms with Crippen LogP contribution in [0.1, 0.15) is 47.4 Å². The number of nitrogens with one attached hydrogen (secondary N) is 1. The molecule has 0 bridgehead atoms. The molecule has 10 nitrogen and oxygen atoms in total. The molecule has 0 unspecified atom stereocenters. The topological polar surface area (TPSA) is 136 Å². The van der Waals surface area contributed by atoms with Crippen LogP contribution in [0.2, 0.25) is 5.02 Å². The van der Waals surface area contributed by atoms with Gasteiger partial charge in [0, 0.05) is 41.3 Å². The van der Waals surface area contributed by atoms with E-state index in [1.54, 1.807) is 6.07 Å². The molecule has 0 aliphatic carbocycles. The van der Waals surface area contributed by atoms with Crippen LogP contribution in [-0.2, 0) is 11.2 Å². The number of imidazole rings is 1. The normalized spacial score (nSPS) is 18.9. The quantitative estimate of drug-likeness (QED) is 0.365. The lowest BCUT2D eigenvalue weighted by Gasteiger charge is -2.28. The maximum Gasteiger partial charge on any atom is 0.248 e. The van der Waals surface area contributed by atoms with E-state index in [9.17, 15) is 14.0 Å². The van der Waals surface area contributed by atoms with Crippen molar-refractivity contribution in [3.63, 3.8) is 0 Å². The summed E-state index contributed by atoms with van der Waals surface area (Å²) in [4.78, 5) is 34.3. The number of allylic oxidation sites excluding steroid dienone is 1. The van der Waals surface area contributed by atoms with Crippen LogP contribution in [-0.4, -0.2) is 59.0 Å². The maximum absolute atomic E-state index is 15.3. The van der Waals surface area contributed by atoms with Crippen molar-refractivity contribution in [2.24, 2.45) is 5.73 Å². The van der Waals surface area contributed by atoms with Crippen molar-refractivity contribution in [3.8, 4) is 16.9 Å². The van der Waals surface area contributed by atoms with Crippen molar-refractivity contribution in [2.45, 2.75) is 44.2 Å². The first-order valence-corrected chi connectivity index (χ1v) is 13.1. The fraction of sp³-hybridized carbons (Fsp3) is 0.259. The molecule has 2 aromatic carbocycles. The average Bonchev–Trinajstić information content (AvgIpc) is 3.68. The Hall–Kier alpha value is -4.45. The Morgan fingerprint density at radius 1 is 1.18 bits per heavy atom. The first-order valence-electron chi connectivity index (χ1n) is 12.7. The van der Waals surface area contributed by atoms with E-state index in [4.69, 9.17) is 17.3 Å². The van der Waals surface area contributed by atoms with E-state index in [-0.39, 0.29) is 39.7 Å². The van der Waals surface area contributed by atoms with Gasteiger partial charge in [-0.2, -0.15) is 4.68 Å². The maximum atomic E-state index is 15.3. The third-order valence-electron chi connectivity index (χ3n) is 7.51. The highest BCUT2D eigenvalue weighted by molar-refractivity contribution is 6.31. The molecule has 0 saturated carbocycles. The first-order chi connectivity index (χ1) is 19.3. The van der Waals surface area contributed by atoms with Gasteiger partial charge in [-0.25, -0.2) is 13.8 Å². The molecule has 6 rings (SSSR count). The van der Waals surface area contributed by atoms with E-state index in [1.165, 1.54) is 41.5 Å². The van der Waals surface area contributed by atoms with E-state index < -0.39 is 17.5 Å². The lowest BCUT2D eigenvalue weighted by atomic mass is 9.96. The highest BCUT2D eigenvalue weighted by atomic mass is 35.5. The fourth-order valence-corrected chi connectivity index (χ4v) is 5.80. The molecule has 2 aromatic heterocycles. The number of H-pyrrole nitrogens is 1. The van der Waals surface area contributed by atoms with Crippen LogP contribution < -0.4 is 5.73 Å². The zero-order chi connectivity index (χ0) is 28.0. The van der Waals surface area contributed by atoms with Crippen molar-refractivity contribution >= 4 is 29.0 Å². The number of nitrogens with two attached hydrogens (primary N) is 1. The lowest BCUT2D eigenvalue weighted by Crippen LogP contribution is -2.40. The number of fused-ring (bicyclic) bond motifs is 1. The van der Waals surface area contributed by atoms with Gasteiger partial charge in [0.15, 0.2) is 5.82 Å². The summed E-state index contributed by atoms with van der Waals surface area (Å²) in [6, 6.07) is 6.91. The van der Waals surface area contributed by atoms with Crippen LogP contribution in [0, 0.1) is 11.6 Å². The molecule has 1 fully saturated rings. The molecular weight excluding hydrogens is 542 g/mol. The van der Waals surface area contributed by atoms with Gasteiger partial charge >= 0.3 is 0 Å². The number of benzene rings is 2. The van der Waals surface area contributed by atoms with Crippen molar-refractivity contribution in [1.82, 2.24) is 35.1 Å². The van der Waals surface area contributed by atoms with Crippen LogP contribution in [0.3, 0.4) is 0 Å². The van der Waals surface area contributed by atoms with Gasteiger partial charge in [0.1, 0.15) is 18.0 Å². The number of halogens is 3. The fourth-order valence-electron chi connectivity index (χ4n) is 5.64. The summed E-state index contributed by atoms with van der Waals surface area (Å²) in [5, 5.41) is 11.1.